The number of amides is 3. The minimum Gasteiger partial charge on any atom is -0.497 e. The lowest BCUT2D eigenvalue weighted by atomic mass is 9.96. The summed E-state index contributed by atoms with van der Waals surface area (Å²) in [5.41, 5.74) is 10.1. The number of nitrogens with one attached hydrogen (secondary N) is 1. The van der Waals surface area contributed by atoms with E-state index in [9.17, 15) is 14.4 Å². The number of nitrogens with zero attached hydrogens (tertiary/aromatic N) is 5. The molecule has 0 unspecified atom stereocenters. The van der Waals surface area contributed by atoms with Gasteiger partial charge in [0.25, 0.3) is 0 Å². The molecule has 2 fully saturated rings. The van der Waals surface area contributed by atoms with Crippen LogP contribution in [0.3, 0.4) is 0 Å². The van der Waals surface area contributed by atoms with Crippen molar-refractivity contribution in [1.29, 1.82) is 0 Å². The van der Waals surface area contributed by atoms with Crippen LogP contribution in [0.25, 0.3) is 11.0 Å². The van der Waals surface area contributed by atoms with Gasteiger partial charge in [-0.1, -0.05) is 37.3 Å². The van der Waals surface area contributed by atoms with E-state index in [0.717, 1.165) is 53.7 Å². The first-order valence-corrected chi connectivity index (χ1v) is 15.7. The van der Waals surface area contributed by atoms with Crippen molar-refractivity contribution in [2.75, 3.05) is 20.2 Å². The maximum absolute atomic E-state index is 13.7. The molecule has 1 aromatic heterocycles. The molecular weight excluding hydrogens is 558 g/mol. The van der Waals surface area contributed by atoms with Crippen LogP contribution in [0.4, 0.5) is 0 Å². The van der Waals surface area contributed by atoms with Crippen LogP contribution in [0.5, 0.6) is 5.75 Å². The maximum atomic E-state index is 13.7. The highest BCUT2D eigenvalue weighted by molar-refractivity contribution is 5.91. The van der Waals surface area contributed by atoms with Gasteiger partial charge >= 0.3 is 0 Å². The van der Waals surface area contributed by atoms with Gasteiger partial charge in [0.15, 0.2) is 0 Å². The number of aromatic nitrogens is 3. The number of carbonyl (C=O) groups is 3. The Bertz CT molecular complexity index is 1470. The minimum absolute atomic E-state index is 0.0534. The lowest BCUT2D eigenvalue weighted by Gasteiger charge is -2.29. The monoisotopic (exact) mass is 603 g/mol. The van der Waals surface area contributed by atoms with Crippen LogP contribution in [0, 0.1) is 11.8 Å². The van der Waals surface area contributed by atoms with Crippen molar-refractivity contribution in [3.63, 3.8) is 0 Å². The standard InChI is InChI=1S/C33H45N7O4/c1-21(2)28-6-5-15-39(28)31(41)14-12-26(34)33(43)40-20-24(16-22-7-10-25(44-4)11-8-22)18-30(40)32(42)35-19-23-9-13-29-27(17-23)36-37-38(29)3/h7-11,13,17,21,24,26,28,30H,5-6,12,14-16,18-20,34H2,1-4H3,(H,35,42)/t24-,26-,28-,30+/m1/s1. The van der Waals surface area contributed by atoms with E-state index < -0.39 is 12.1 Å². The third-order valence-corrected chi connectivity index (χ3v) is 9.17. The zero-order chi connectivity index (χ0) is 31.4. The Kier molecular flexibility index (Phi) is 9.83. The van der Waals surface area contributed by atoms with Crippen LogP contribution in [0.1, 0.15) is 57.1 Å². The first kappa shape index (κ1) is 31.4. The number of aryl methyl sites for hydroxylation is 1. The summed E-state index contributed by atoms with van der Waals surface area (Å²) in [6.07, 6.45) is 3.75. The number of carbonyl (C=O) groups excluding carboxylic acids is 3. The van der Waals surface area contributed by atoms with Gasteiger partial charge in [0, 0.05) is 39.1 Å². The van der Waals surface area contributed by atoms with Gasteiger partial charge in [-0.15, -0.1) is 5.10 Å². The van der Waals surface area contributed by atoms with Crippen molar-refractivity contribution in [3.8, 4) is 5.75 Å². The summed E-state index contributed by atoms with van der Waals surface area (Å²) in [7, 11) is 3.47. The maximum Gasteiger partial charge on any atom is 0.243 e. The van der Waals surface area contributed by atoms with E-state index in [4.69, 9.17) is 10.5 Å². The molecule has 2 aromatic carbocycles. The van der Waals surface area contributed by atoms with Crippen molar-refractivity contribution in [1.82, 2.24) is 30.1 Å². The van der Waals surface area contributed by atoms with Crippen LogP contribution < -0.4 is 15.8 Å². The van der Waals surface area contributed by atoms with E-state index in [-0.39, 0.29) is 42.5 Å². The van der Waals surface area contributed by atoms with Crippen LogP contribution in [-0.4, -0.2) is 80.8 Å². The van der Waals surface area contributed by atoms with Gasteiger partial charge in [-0.3, -0.25) is 14.4 Å². The molecule has 2 aliphatic rings. The molecule has 3 N–H and O–H groups in total. The van der Waals surface area contributed by atoms with Crippen molar-refractivity contribution in [2.24, 2.45) is 24.6 Å². The predicted octanol–water partition coefficient (Wildman–Crippen LogP) is 2.81. The second-order valence-corrected chi connectivity index (χ2v) is 12.6. The summed E-state index contributed by atoms with van der Waals surface area (Å²) in [4.78, 5) is 44.0. The normalized spacial score (nSPS) is 20.8. The molecule has 0 bridgehead atoms. The zero-order valence-electron chi connectivity index (χ0n) is 26.2. The average molecular weight is 604 g/mol. The number of likely N-dealkylation sites (tertiary alicyclic amines) is 2. The number of ether oxygens (including phenoxy) is 1. The van der Waals surface area contributed by atoms with E-state index in [2.05, 4.69) is 29.5 Å². The third-order valence-electron chi connectivity index (χ3n) is 9.17. The quantitative estimate of drug-likeness (QED) is 0.344. The van der Waals surface area contributed by atoms with Crippen LogP contribution >= 0.6 is 0 Å². The Hall–Kier alpha value is -3.99. The van der Waals surface area contributed by atoms with E-state index >= 15 is 0 Å². The summed E-state index contributed by atoms with van der Waals surface area (Å²) in [6, 6.07) is 12.4. The number of hydrogen-bond acceptors (Lipinski definition) is 7. The number of hydrogen-bond donors (Lipinski definition) is 2. The molecular formula is C33H45N7O4. The fourth-order valence-electron chi connectivity index (χ4n) is 6.72. The second kappa shape index (κ2) is 13.8. The zero-order valence-corrected chi connectivity index (χ0v) is 26.2. The third kappa shape index (κ3) is 7.04. The average Bonchev–Trinajstić information content (AvgIpc) is 3.77. The van der Waals surface area contributed by atoms with Gasteiger partial charge < -0.3 is 25.6 Å². The largest absolute Gasteiger partial charge is 0.497 e. The molecule has 0 saturated carbocycles. The van der Waals surface area contributed by atoms with Gasteiger partial charge in [-0.2, -0.15) is 0 Å². The molecule has 2 aliphatic heterocycles. The highest BCUT2D eigenvalue weighted by Gasteiger charge is 2.41. The summed E-state index contributed by atoms with van der Waals surface area (Å²) >= 11 is 0. The van der Waals surface area contributed by atoms with Crippen molar-refractivity contribution >= 4 is 28.8 Å². The lowest BCUT2D eigenvalue weighted by molar-refractivity contribution is -0.140. The van der Waals surface area contributed by atoms with Gasteiger partial charge in [-0.05, 0) is 79.3 Å². The van der Waals surface area contributed by atoms with Gasteiger partial charge in [0.05, 0.1) is 18.7 Å². The number of rotatable bonds is 11. The molecule has 3 aromatic rings. The van der Waals surface area contributed by atoms with E-state index in [1.54, 1.807) is 16.7 Å². The highest BCUT2D eigenvalue weighted by atomic mass is 16.5. The number of fused-ring (bicyclic) bond motifs is 1. The summed E-state index contributed by atoms with van der Waals surface area (Å²) in [5.74, 6) is 0.823. The molecule has 44 heavy (non-hydrogen) atoms. The molecule has 11 heteroatoms. The SMILES string of the molecule is COc1ccc(C[C@@H]2C[C@@H](C(=O)NCc3ccc4c(c3)nnn4C)N(C(=O)[C@H](N)CCC(=O)N3CCC[C@@H]3C(C)C)C2)cc1. The molecule has 236 valence electrons. The van der Waals surface area contributed by atoms with Crippen LogP contribution in [-0.2, 0) is 34.4 Å². The fourth-order valence-corrected chi connectivity index (χ4v) is 6.72. The Morgan fingerprint density at radius 3 is 2.57 bits per heavy atom. The fraction of sp³-hybridized carbons (Fsp3) is 0.545. The van der Waals surface area contributed by atoms with E-state index in [0.29, 0.717) is 25.4 Å². The first-order valence-electron chi connectivity index (χ1n) is 15.7. The Morgan fingerprint density at radius 1 is 1.09 bits per heavy atom. The van der Waals surface area contributed by atoms with Gasteiger partial charge in [0.1, 0.15) is 17.3 Å². The van der Waals surface area contributed by atoms with Crippen molar-refractivity contribution < 1.29 is 19.1 Å². The van der Waals surface area contributed by atoms with Crippen molar-refractivity contribution in [3.05, 3.63) is 53.6 Å². The van der Waals surface area contributed by atoms with Gasteiger partial charge in [0.2, 0.25) is 17.7 Å². The molecule has 0 aliphatic carbocycles. The summed E-state index contributed by atoms with van der Waals surface area (Å²) in [6.45, 7) is 5.77. The Labute approximate surface area is 259 Å². The molecule has 0 spiro atoms. The van der Waals surface area contributed by atoms with Crippen LogP contribution in [0.15, 0.2) is 42.5 Å². The second-order valence-electron chi connectivity index (χ2n) is 12.6. The van der Waals surface area contributed by atoms with E-state index in [1.165, 1.54) is 0 Å². The number of methoxy groups -OCH3 is 1. The molecule has 0 radical (unpaired) electrons. The Balaban J connectivity index is 1.25. The predicted molar refractivity (Wildman–Crippen MR) is 167 cm³/mol. The Morgan fingerprint density at radius 2 is 1.84 bits per heavy atom. The van der Waals surface area contributed by atoms with Gasteiger partial charge in [-0.25, -0.2) is 4.68 Å². The number of nitrogens with two attached hydrogens (primary N) is 1. The molecule has 11 nitrogen and oxygen atoms in total. The van der Waals surface area contributed by atoms with Crippen LogP contribution in [0.2, 0.25) is 0 Å². The summed E-state index contributed by atoms with van der Waals surface area (Å²) in [5, 5.41) is 11.2. The molecule has 3 amide bonds. The van der Waals surface area contributed by atoms with Crippen molar-refractivity contribution in [2.45, 2.75) is 77.0 Å². The number of benzene rings is 2. The first-order chi connectivity index (χ1) is 21.1. The molecule has 3 heterocycles. The highest BCUT2D eigenvalue weighted by Crippen LogP contribution is 2.29. The molecule has 5 rings (SSSR count). The summed E-state index contributed by atoms with van der Waals surface area (Å²) < 4.78 is 6.99. The molecule has 4 atom stereocenters. The minimum atomic E-state index is -0.854. The van der Waals surface area contributed by atoms with E-state index in [1.807, 2.05) is 54.4 Å². The smallest absolute Gasteiger partial charge is 0.243 e. The molecule has 2 saturated heterocycles. The topological polar surface area (TPSA) is 136 Å². The lowest BCUT2D eigenvalue weighted by Crippen LogP contribution is -2.51.